The molecule has 2 fully saturated rings. The zero-order valence-corrected chi connectivity index (χ0v) is 19.1. The van der Waals surface area contributed by atoms with Gasteiger partial charge in [0, 0.05) is 63.0 Å². The Morgan fingerprint density at radius 1 is 0.909 bits per heavy atom. The first-order chi connectivity index (χ1) is 15.9. The fourth-order valence-corrected chi connectivity index (χ4v) is 5.35. The molecule has 2 aromatic rings. The van der Waals surface area contributed by atoms with Crippen molar-refractivity contribution in [3.8, 4) is 0 Å². The number of piperidine rings is 1. The van der Waals surface area contributed by atoms with Gasteiger partial charge in [0.15, 0.2) is 0 Å². The Kier molecular flexibility index (Phi) is 7.14. The van der Waals surface area contributed by atoms with Gasteiger partial charge < -0.3 is 9.80 Å². The number of piperazine rings is 1. The SMILES string of the molecule is O=C(c1cnccn1)N1CCN(C(=O)C2CCN(S(=O)(=O)/C=C/c3ccccc3)CC2)CC1. The molecule has 2 aliphatic heterocycles. The van der Waals surface area contributed by atoms with E-state index in [9.17, 15) is 18.0 Å². The van der Waals surface area contributed by atoms with Crippen LogP contribution in [0.15, 0.2) is 54.3 Å². The van der Waals surface area contributed by atoms with E-state index in [0.29, 0.717) is 57.8 Å². The highest BCUT2D eigenvalue weighted by Gasteiger charge is 2.34. The summed E-state index contributed by atoms with van der Waals surface area (Å²) in [6, 6.07) is 9.28. The summed E-state index contributed by atoms with van der Waals surface area (Å²) >= 11 is 0. The van der Waals surface area contributed by atoms with E-state index in [1.165, 1.54) is 28.3 Å². The molecule has 2 amide bonds. The third-order valence-electron chi connectivity index (χ3n) is 6.06. The molecule has 0 radical (unpaired) electrons. The van der Waals surface area contributed by atoms with Crippen molar-refractivity contribution in [3.05, 3.63) is 65.6 Å². The van der Waals surface area contributed by atoms with E-state index in [2.05, 4.69) is 9.97 Å². The number of hydrogen-bond acceptors (Lipinski definition) is 6. The van der Waals surface area contributed by atoms with Crippen molar-refractivity contribution in [2.75, 3.05) is 39.3 Å². The molecule has 0 spiro atoms. The summed E-state index contributed by atoms with van der Waals surface area (Å²) in [5.74, 6) is -0.340. The van der Waals surface area contributed by atoms with Crippen molar-refractivity contribution in [1.82, 2.24) is 24.1 Å². The molecule has 2 saturated heterocycles. The highest BCUT2D eigenvalue weighted by Crippen LogP contribution is 2.23. The zero-order chi connectivity index (χ0) is 23.3. The van der Waals surface area contributed by atoms with Crippen molar-refractivity contribution in [1.29, 1.82) is 0 Å². The Labute approximate surface area is 193 Å². The first kappa shape index (κ1) is 23.1. The fraction of sp³-hybridized carbons (Fsp3) is 0.391. The molecular formula is C23H27N5O4S. The standard InChI is InChI=1S/C23H27N5O4S/c29-22(26-13-15-27(16-14-26)23(30)21-18-24-9-10-25-21)20-6-11-28(12-7-20)33(31,32)17-8-19-4-2-1-3-5-19/h1-5,8-10,17-18,20H,6-7,11-16H2/b17-8+. The number of carbonyl (C=O) groups excluding carboxylic acids is 2. The lowest BCUT2D eigenvalue weighted by Gasteiger charge is -2.38. The third kappa shape index (κ3) is 5.63. The maximum Gasteiger partial charge on any atom is 0.274 e. The summed E-state index contributed by atoms with van der Waals surface area (Å²) in [6.45, 7) is 2.45. The van der Waals surface area contributed by atoms with Gasteiger partial charge in [-0.05, 0) is 24.5 Å². The van der Waals surface area contributed by atoms with Crippen LogP contribution in [0.2, 0.25) is 0 Å². The Balaban J connectivity index is 1.27. The minimum absolute atomic E-state index is 0.0403. The van der Waals surface area contributed by atoms with E-state index in [0.717, 1.165) is 5.56 Å². The van der Waals surface area contributed by atoms with E-state index in [-0.39, 0.29) is 17.7 Å². The second-order valence-corrected chi connectivity index (χ2v) is 9.96. The predicted octanol–water partition coefficient (Wildman–Crippen LogP) is 1.47. The quantitative estimate of drug-likeness (QED) is 0.657. The summed E-state index contributed by atoms with van der Waals surface area (Å²) in [5, 5.41) is 1.23. The van der Waals surface area contributed by atoms with Crippen molar-refractivity contribution < 1.29 is 18.0 Å². The van der Waals surface area contributed by atoms with E-state index in [4.69, 9.17) is 0 Å². The molecular weight excluding hydrogens is 442 g/mol. The highest BCUT2D eigenvalue weighted by atomic mass is 32.2. The number of amides is 2. The van der Waals surface area contributed by atoms with Crippen LogP contribution < -0.4 is 0 Å². The van der Waals surface area contributed by atoms with Crippen LogP contribution in [-0.4, -0.2) is 83.6 Å². The molecule has 0 aliphatic carbocycles. The van der Waals surface area contributed by atoms with Gasteiger partial charge in [0.2, 0.25) is 15.9 Å². The number of hydrogen-bond donors (Lipinski definition) is 0. The van der Waals surface area contributed by atoms with Crippen molar-refractivity contribution in [2.24, 2.45) is 5.92 Å². The van der Waals surface area contributed by atoms with Gasteiger partial charge in [-0.15, -0.1) is 0 Å². The van der Waals surface area contributed by atoms with Crippen LogP contribution in [0.5, 0.6) is 0 Å². The molecule has 0 bridgehead atoms. The van der Waals surface area contributed by atoms with Crippen LogP contribution in [0.4, 0.5) is 0 Å². The van der Waals surface area contributed by atoms with Crippen LogP contribution in [0.25, 0.3) is 6.08 Å². The van der Waals surface area contributed by atoms with Gasteiger partial charge in [-0.25, -0.2) is 13.4 Å². The van der Waals surface area contributed by atoms with Gasteiger partial charge >= 0.3 is 0 Å². The van der Waals surface area contributed by atoms with E-state index < -0.39 is 10.0 Å². The molecule has 174 valence electrons. The van der Waals surface area contributed by atoms with Gasteiger partial charge in [-0.2, -0.15) is 4.31 Å². The van der Waals surface area contributed by atoms with Gasteiger partial charge in [-0.3, -0.25) is 14.6 Å². The van der Waals surface area contributed by atoms with Crippen LogP contribution in [0.3, 0.4) is 0 Å². The average Bonchev–Trinajstić information content (AvgIpc) is 2.88. The monoisotopic (exact) mass is 469 g/mol. The topological polar surface area (TPSA) is 104 Å². The molecule has 10 heteroatoms. The number of sulfonamides is 1. The first-order valence-corrected chi connectivity index (χ1v) is 12.5. The zero-order valence-electron chi connectivity index (χ0n) is 18.3. The molecule has 1 aromatic carbocycles. The minimum Gasteiger partial charge on any atom is -0.339 e. The minimum atomic E-state index is -3.53. The summed E-state index contributed by atoms with van der Waals surface area (Å²) in [7, 11) is -3.53. The summed E-state index contributed by atoms with van der Waals surface area (Å²) in [4.78, 5) is 36.9. The van der Waals surface area contributed by atoms with E-state index >= 15 is 0 Å². The largest absolute Gasteiger partial charge is 0.339 e. The molecule has 0 saturated carbocycles. The Morgan fingerprint density at radius 3 is 2.21 bits per heavy atom. The van der Waals surface area contributed by atoms with Gasteiger partial charge in [0.05, 0.1) is 6.20 Å². The van der Waals surface area contributed by atoms with Crippen LogP contribution in [0.1, 0.15) is 28.9 Å². The number of rotatable bonds is 5. The molecule has 1 aromatic heterocycles. The number of nitrogens with zero attached hydrogens (tertiary/aromatic N) is 5. The van der Waals surface area contributed by atoms with Gasteiger partial charge in [0.1, 0.15) is 5.69 Å². The lowest BCUT2D eigenvalue weighted by atomic mass is 9.96. The van der Waals surface area contributed by atoms with Crippen molar-refractivity contribution in [2.45, 2.75) is 12.8 Å². The van der Waals surface area contributed by atoms with Crippen molar-refractivity contribution in [3.63, 3.8) is 0 Å². The second-order valence-electron chi connectivity index (χ2n) is 8.14. The Morgan fingerprint density at radius 2 is 1.58 bits per heavy atom. The lowest BCUT2D eigenvalue weighted by molar-refractivity contribution is -0.138. The predicted molar refractivity (Wildman–Crippen MR) is 123 cm³/mol. The number of benzene rings is 1. The second kappa shape index (κ2) is 10.2. The molecule has 0 atom stereocenters. The summed E-state index contributed by atoms with van der Waals surface area (Å²) < 4.78 is 26.7. The Hall–Kier alpha value is -3.11. The third-order valence-corrected chi connectivity index (χ3v) is 7.62. The molecule has 0 N–H and O–H groups in total. The summed E-state index contributed by atoms with van der Waals surface area (Å²) in [5.41, 5.74) is 1.12. The van der Waals surface area contributed by atoms with Crippen molar-refractivity contribution >= 4 is 27.9 Å². The average molecular weight is 470 g/mol. The van der Waals surface area contributed by atoms with Crippen LogP contribution in [0, 0.1) is 5.92 Å². The molecule has 33 heavy (non-hydrogen) atoms. The lowest BCUT2D eigenvalue weighted by Crippen LogP contribution is -2.53. The molecule has 0 unspecified atom stereocenters. The van der Waals surface area contributed by atoms with E-state index in [1.807, 2.05) is 30.3 Å². The highest BCUT2D eigenvalue weighted by molar-refractivity contribution is 7.92. The maximum absolute atomic E-state index is 13.0. The molecule has 9 nitrogen and oxygen atoms in total. The first-order valence-electron chi connectivity index (χ1n) is 11.0. The van der Waals surface area contributed by atoms with Gasteiger partial charge in [-0.1, -0.05) is 30.3 Å². The van der Waals surface area contributed by atoms with Crippen LogP contribution >= 0.6 is 0 Å². The Bertz CT molecular complexity index is 1090. The molecule has 2 aliphatic rings. The fourth-order valence-electron chi connectivity index (χ4n) is 4.13. The molecule has 3 heterocycles. The van der Waals surface area contributed by atoms with Crippen LogP contribution in [-0.2, 0) is 14.8 Å². The molecule has 4 rings (SSSR count). The number of aromatic nitrogens is 2. The number of carbonyl (C=O) groups is 2. The van der Waals surface area contributed by atoms with Gasteiger partial charge in [0.25, 0.3) is 5.91 Å². The normalized spacial score (nSPS) is 18.5. The maximum atomic E-state index is 13.0. The summed E-state index contributed by atoms with van der Waals surface area (Å²) in [6.07, 6.45) is 7.03. The van der Waals surface area contributed by atoms with E-state index in [1.54, 1.807) is 15.9 Å². The smallest absolute Gasteiger partial charge is 0.274 e.